The number of carbonyl (C=O) groups is 1. The molecule has 0 spiro atoms. The zero-order valence-electron chi connectivity index (χ0n) is 19.7. The predicted molar refractivity (Wildman–Crippen MR) is 136 cm³/mol. The van der Waals surface area contributed by atoms with Gasteiger partial charge in [0, 0.05) is 41.9 Å². The molecule has 0 saturated carbocycles. The lowest BCUT2D eigenvalue weighted by Gasteiger charge is -2.28. The maximum absolute atomic E-state index is 12.8. The van der Waals surface area contributed by atoms with Crippen LogP contribution in [0.3, 0.4) is 0 Å². The molecule has 3 aromatic rings. The van der Waals surface area contributed by atoms with E-state index in [-0.39, 0.29) is 18.4 Å². The number of piperidine rings is 1. The first kappa shape index (κ1) is 23.4. The molecule has 8 nitrogen and oxygen atoms in total. The number of anilines is 2. The van der Waals surface area contributed by atoms with E-state index in [4.69, 9.17) is 14.7 Å². The van der Waals surface area contributed by atoms with Gasteiger partial charge in [-0.05, 0) is 49.7 Å². The molecule has 182 valence electrons. The number of benzene rings is 2. The van der Waals surface area contributed by atoms with Crippen molar-refractivity contribution in [1.82, 2.24) is 15.3 Å². The Morgan fingerprint density at radius 1 is 1.03 bits per heavy atom. The van der Waals surface area contributed by atoms with Gasteiger partial charge in [0.05, 0.1) is 25.5 Å². The summed E-state index contributed by atoms with van der Waals surface area (Å²) in [6, 6.07) is 17.5. The highest BCUT2D eigenvalue weighted by Gasteiger charge is 2.21. The first-order chi connectivity index (χ1) is 17.2. The van der Waals surface area contributed by atoms with Gasteiger partial charge in [0.1, 0.15) is 5.82 Å². The number of aromatic nitrogens is 2. The molecule has 0 aliphatic carbocycles. The zero-order chi connectivity index (χ0) is 24.0. The van der Waals surface area contributed by atoms with Crippen LogP contribution in [0.5, 0.6) is 0 Å². The maximum atomic E-state index is 12.8. The quantitative estimate of drug-likeness (QED) is 0.506. The smallest absolute Gasteiger partial charge is 0.227 e. The molecule has 8 heteroatoms. The van der Waals surface area contributed by atoms with Crippen LogP contribution in [0.15, 0.2) is 54.6 Å². The van der Waals surface area contributed by atoms with Crippen LogP contribution in [-0.2, 0) is 16.1 Å². The Hall–Kier alpha value is -3.33. The van der Waals surface area contributed by atoms with Crippen LogP contribution in [0.1, 0.15) is 18.4 Å². The largest absolute Gasteiger partial charge is 0.392 e. The molecule has 1 aromatic heterocycles. The minimum atomic E-state index is -0.0390. The fraction of sp³-hybridized carbons (Fsp3) is 0.370. The normalized spacial score (nSPS) is 16.8. The highest BCUT2D eigenvalue weighted by molar-refractivity contribution is 5.93. The third-order valence-corrected chi connectivity index (χ3v) is 6.55. The van der Waals surface area contributed by atoms with Gasteiger partial charge in [-0.3, -0.25) is 4.79 Å². The average Bonchev–Trinajstić information content (AvgIpc) is 2.94. The lowest BCUT2D eigenvalue weighted by Crippen LogP contribution is -2.36. The SMILES string of the molecule is O=C(Nc1cccc(-c2cc(N3CCOCC3)nc(-c3cccc(CO)c3)n2)c1)C1CCNCC1. The Kier molecular flexibility index (Phi) is 7.32. The minimum absolute atomic E-state index is 0.0390. The summed E-state index contributed by atoms with van der Waals surface area (Å²) < 4.78 is 5.53. The van der Waals surface area contributed by atoms with Crippen molar-refractivity contribution in [3.05, 3.63) is 60.2 Å². The number of morpholine rings is 1. The van der Waals surface area contributed by atoms with Gasteiger partial charge in [-0.15, -0.1) is 0 Å². The van der Waals surface area contributed by atoms with E-state index >= 15 is 0 Å². The van der Waals surface area contributed by atoms with Gasteiger partial charge in [-0.2, -0.15) is 0 Å². The van der Waals surface area contributed by atoms with Crippen molar-refractivity contribution in [1.29, 1.82) is 0 Å². The van der Waals surface area contributed by atoms with Crippen LogP contribution in [0.25, 0.3) is 22.6 Å². The average molecular weight is 474 g/mol. The van der Waals surface area contributed by atoms with Crippen LogP contribution in [0.4, 0.5) is 11.5 Å². The highest BCUT2D eigenvalue weighted by Crippen LogP contribution is 2.29. The van der Waals surface area contributed by atoms with E-state index < -0.39 is 0 Å². The highest BCUT2D eigenvalue weighted by atomic mass is 16.5. The van der Waals surface area contributed by atoms with Gasteiger partial charge in [-0.25, -0.2) is 9.97 Å². The van der Waals surface area contributed by atoms with Crippen molar-refractivity contribution in [3.63, 3.8) is 0 Å². The molecule has 0 radical (unpaired) electrons. The number of aliphatic hydroxyl groups excluding tert-OH is 1. The zero-order valence-corrected chi connectivity index (χ0v) is 19.7. The molecule has 5 rings (SSSR count). The third-order valence-electron chi connectivity index (χ3n) is 6.55. The van der Waals surface area contributed by atoms with Gasteiger partial charge in [0.2, 0.25) is 5.91 Å². The monoisotopic (exact) mass is 473 g/mol. The molecule has 2 aliphatic heterocycles. The summed E-state index contributed by atoms with van der Waals surface area (Å²) in [5, 5.41) is 16.0. The predicted octanol–water partition coefficient (Wildman–Crippen LogP) is 3.08. The Labute approximate surface area is 205 Å². The van der Waals surface area contributed by atoms with E-state index in [0.717, 1.165) is 72.9 Å². The molecule has 0 atom stereocenters. The van der Waals surface area contributed by atoms with Gasteiger partial charge < -0.3 is 25.4 Å². The topological polar surface area (TPSA) is 99.6 Å². The summed E-state index contributed by atoms with van der Waals surface area (Å²) in [7, 11) is 0. The molecular weight excluding hydrogens is 442 g/mol. The van der Waals surface area contributed by atoms with E-state index in [1.807, 2.05) is 54.6 Å². The van der Waals surface area contributed by atoms with Crippen molar-refractivity contribution in [2.45, 2.75) is 19.4 Å². The lowest BCUT2D eigenvalue weighted by atomic mass is 9.97. The summed E-state index contributed by atoms with van der Waals surface area (Å²) in [4.78, 5) is 24.7. The second kappa shape index (κ2) is 10.9. The molecule has 0 unspecified atom stereocenters. The Balaban J connectivity index is 1.48. The molecule has 2 aliphatic rings. The molecule has 2 aromatic carbocycles. The van der Waals surface area contributed by atoms with E-state index in [2.05, 4.69) is 15.5 Å². The Bertz CT molecular complexity index is 1170. The number of ether oxygens (including phenoxy) is 1. The van der Waals surface area contributed by atoms with Gasteiger partial charge >= 0.3 is 0 Å². The summed E-state index contributed by atoms with van der Waals surface area (Å²) in [5.41, 5.74) is 4.12. The number of hydrogen-bond acceptors (Lipinski definition) is 7. The van der Waals surface area contributed by atoms with Crippen molar-refractivity contribution in [2.24, 2.45) is 5.92 Å². The molecule has 2 fully saturated rings. The molecule has 1 amide bonds. The van der Waals surface area contributed by atoms with Crippen molar-refractivity contribution >= 4 is 17.4 Å². The van der Waals surface area contributed by atoms with Gasteiger partial charge in [-0.1, -0.05) is 30.3 Å². The maximum Gasteiger partial charge on any atom is 0.227 e. The molecular formula is C27H31N5O3. The first-order valence-corrected chi connectivity index (χ1v) is 12.2. The molecule has 3 N–H and O–H groups in total. The standard InChI is InChI=1S/C27H31N5O3/c33-18-19-3-1-5-22(15-19)26-30-24(17-25(31-26)32-11-13-35-14-12-32)21-4-2-6-23(16-21)29-27(34)20-7-9-28-10-8-20/h1-6,15-17,20,28,33H,7-14,18H2,(H,29,34). The van der Waals surface area contributed by atoms with Crippen LogP contribution in [0, 0.1) is 5.92 Å². The second-order valence-corrected chi connectivity index (χ2v) is 8.99. The Morgan fingerprint density at radius 3 is 2.60 bits per heavy atom. The fourth-order valence-electron chi connectivity index (χ4n) is 4.56. The summed E-state index contributed by atoms with van der Waals surface area (Å²) in [6.45, 7) is 4.56. The minimum Gasteiger partial charge on any atom is -0.392 e. The first-order valence-electron chi connectivity index (χ1n) is 12.2. The van der Waals surface area contributed by atoms with Crippen LogP contribution >= 0.6 is 0 Å². The second-order valence-electron chi connectivity index (χ2n) is 8.99. The number of rotatable bonds is 6. The number of amides is 1. The van der Waals surface area contributed by atoms with E-state index in [0.29, 0.717) is 19.0 Å². The molecule has 35 heavy (non-hydrogen) atoms. The van der Waals surface area contributed by atoms with E-state index in [9.17, 15) is 9.90 Å². The number of nitrogens with zero attached hydrogens (tertiary/aromatic N) is 3. The summed E-state index contributed by atoms with van der Waals surface area (Å²) >= 11 is 0. The number of aliphatic hydroxyl groups is 1. The molecule has 3 heterocycles. The summed E-state index contributed by atoms with van der Waals surface area (Å²) in [6.07, 6.45) is 1.72. The van der Waals surface area contributed by atoms with Crippen molar-refractivity contribution in [2.75, 3.05) is 49.6 Å². The molecule has 0 bridgehead atoms. The van der Waals surface area contributed by atoms with E-state index in [1.54, 1.807) is 0 Å². The van der Waals surface area contributed by atoms with Gasteiger partial charge in [0.15, 0.2) is 5.82 Å². The fourth-order valence-corrected chi connectivity index (χ4v) is 4.56. The van der Waals surface area contributed by atoms with E-state index in [1.165, 1.54) is 0 Å². The lowest BCUT2D eigenvalue weighted by molar-refractivity contribution is -0.120. The molecule has 2 saturated heterocycles. The van der Waals surface area contributed by atoms with Crippen LogP contribution in [0.2, 0.25) is 0 Å². The van der Waals surface area contributed by atoms with Crippen molar-refractivity contribution < 1.29 is 14.6 Å². The summed E-state index contributed by atoms with van der Waals surface area (Å²) in [5.74, 6) is 1.55. The van der Waals surface area contributed by atoms with Gasteiger partial charge in [0.25, 0.3) is 0 Å². The van der Waals surface area contributed by atoms with Crippen molar-refractivity contribution in [3.8, 4) is 22.6 Å². The number of carbonyl (C=O) groups excluding carboxylic acids is 1. The third kappa shape index (κ3) is 5.67. The van der Waals surface area contributed by atoms with Crippen LogP contribution < -0.4 is 15.5 Å². The Morgan fingerprint density at radius 2 is 1.80 bits per heavy atom. The number of nitrogens with one attached hydrogen (secondary N) is 2. The number of hydrogen-bond donors (Lipinski definition) is 3. The van der Waals surface area contributed by atoms with Crippen LogP contribution in [-0.4, -0.2) is 60.4 Å².